The van der Waals surface area contributed by atoms with E-state index in [1.807, 2.05) is 31.2 Å². The molecule has 0 saturated heterocycles. The molecule has 7 nitrogen and oxygen atoms in total. The second-order valence-corrected chi connectivity index (χ2v) is 9.78. The van der Waals surface area contributed by atoms with Crippen LogP contribution in [-0.4, -0.2) is 24.6 Å². The number of carbonyl (C=O) groups excluding carboxylic acids is 2. The molecule has 0 aromatic heterocycles. The van der Waals surface area contributed by atoms with Crippen LogP contribution >= 0.6 is 0 Å². The predicted octanol–water partition coefficient (Wildman–Crippen LogP) is 9.41. The van der Waals surface area contributed by atoms with Crippen molar-refractivity contribution < 1.29 is 23.8 Å². The molecule has 0 unspecified atom stereocenters. The van der Waals surface area contributed by atoms with E-state index >= 15 is 0 Å². The second-order valence-electron chi connectivity index (χ2n) is 9.78. The van der Waals surface area contributed by atoms with Gasteiger partial charge in [-0.3, -0.25) is 0 Å². The number of carbonyl (C=O) groups is 2. The number of nitrogens with zero attached hydrogens (tertiary/aromatic N) is 2. The Hall–Kier alpha value is -4.00. The average molecular weight is 545 g/mol. The van der Waals surface area contributed by atoms with Crippen LogP contribution in [0.2, 0.25) is 0 Å². The summed E-state index contributed by atoms with van der Waals surface area (Å²) in [5, 5.41) is 8.48. The molecule has 212 valence electrons. The largest absolute Gasteiger partial charge is 0.494 e. The Labute approximate surface area is 237 Å². The monoisotopic (exact) mass is 544 g/mol. The Morgan fingerprint density at radius 1 is 0.650 bits per heavy atom. The number of benzene rings is 3. The zero-order valence-corrected chi connectivity index (χ0v) is 23.8. The molecule has 0 N–H and O–H groups in total. The molecule has 7 heteroatoms. The number of hydrogen-bond donors (Lipinski definition) is 0. The van der Waals surface area contributed by atoms with Gasteiger partial charge in [0.2, 0.25) is 0 Å². The highest BCUT2D eigenvalue weighted by Crippen LogP contribution is 2.23. The first-order valence-corrected chi connectivity index (χ1v) is 14.3. The van der Waals surface area contributed by atoms with E-state index in [0.717, 1.165) is 44.3 Å². The van der Waals surface area contributed by atoms with Crippen molar-refractivity contribution in [1.82, 2.24) is 0 Å². The maximum absolute atomic E-state index is 12.6. The third-order valence-corrected chi connectivity index (χ3v) is 6.31. The molecule has 0 amide bonds. The van der Waals surface area contributed by atoms with E-state index in [1.165, 1.54) is 12.8 Å². The highest BCUT2D eigenvalue weighted by Gasteiger charge is 2.13. The SMILES string of the molecule is CCCCCC[C@H](C)OC(=O)c1ccc(OC(=O)c2ccc(N=Nc3ccc(OCCCCC)cc3)cc2)cc1. The lowest BCUT2D eigenvalue weighted by Crippen LogP contribution is -2.15. The summed E-state index contributed by atoms with van der Waals surface area (Å²) in [6.45, 7) is 6.96. The van der Waals surface area contributed by atoms with Crippen molar-refractivity contribution in [2.45, 2.75) is 78.2 Å². The van der Waals surface area contributed by atoms with Crippen molar-refractivity contribution in [2.75, 3.05) is 6.61 Å². The van der Waals surface area contributed by atoms with Gasteiger partial charge in [0.1, 0.15) is 11.5 Å². The van der Waals surface area contributed by atoms with Crippen LogP contribution in [0.5, 0.6) is 11.5 Å². The Balaban J connectivity index is 1.46. The third kappa shape index (κ3) is 10.6. The normalized spacial score (nSPS) is 11.8. The van der Waals surface area contributed by atoms with Crippen LogP contribution in [0.3, 0.4) is 0 Å². The number of esters is 2. The van der Waals surface area contributed by atoms with E-state index in [9.17, 15) is 9.59 Å². The van der Waals surface area contributed by atoms with Crippen LogP contribution in [-0.2, 0) is 4.74 Å². The molecule has 0 heterocycles. The Bertz CT molecular complexity index is 1210. The molecule has 0 aliphatic rings. The highest BCUT2D eigenvalue weighted by atomic mass is 16.5. The molecular formula is C33H40N2O5. The molecule has 3 aromatic carbocycles. The molecule has 0 fully saturated rings. The first-order chi connectivity index (χ1) is 19.5. The van der Waals surface area contributed by atoms with Crippen molar-refractivity contribution in [3.05, 3.63) is 83.9 Å². The summed E-state index contributed by atoms with van der Waals surface area (Å²) in [5.74, 6) is 0.275. The van der Waals surface area contributed by atoms with Gasteiger partial charge in [-0.15, -0.1) is 0 Å². The molecule has 3 rings (SSSR count). The van der Waals surface area contributed by atoms with Gasteiger partial charge >= 0.3 is 11.9 Å². The number of azo groups is 1. The number of rotatable bonds is 16. The maximum atomic E-state index is 12.6. The molecule has 0 spiro atoms. The lowest BCUT2D eigenvalue weighted by molar-refractivity contribution is 0.0319. The first-order valence-electron chi connectivity index (χ1n) is 14.3. The van der Waals surface area contributed by atoms with Crippen LogP contribution in [0.1, 0.15) is 92.9 Å². The van der Waals surface area contributed by atoms with Crippen LogP contribution in [0.25, 0.3) is 0 Å². The fourth-order valence-corrected chi connectivity index (χ4v) is 3.92. The lowest BCUT2D eigenvalue weighted by atomic mass is 10.1. The summed E-state index contributed by atoms with van der Waals surface area (Å²) in [7, 11) is 0. The minimum absolute atomic E-state index is 0.135. The maximum Gasteiger partial charge on any atom is 0.343 e. The summed E-state index contributed by atoms with van der Waals surface area (Å²) < 4.78 is 16.7. The van der Waals surface area contributed by atoms with Crippen LogP contribution < -0.4 is 9.47 Å². The van der Waals surface area contributed by atoms with Gasteiger partial charge in [0.05, 0.1) is 35.2 Å². The molecule has 1 atom stereocenters. The number of ether oxygens (including phenoxy) is 3. The molecular weight excluding hydrogens is 504 g/mol. The van der Waals surface area contributed by atoms with E-state index in [4.69, 9.17) is 14.2 Å². The highest BCUT2D eigenvalue weighted by molar-refractivity contribution is 5.92. The van der Waals surface area contributed by atoms with E-state index < -0.39 is 5.97 Å². The smallest absolute Gasteiger partial charge is 0.343 e. The van der Waals surface area contributed by atoms with Gasteiger partial charge in [-0.05, 0) is 99.0 Å². The fraction of sp³-hybridized carbons (Fsp3) is 0.394. The summed E-state index contributed by atoms with van der Waals surface area (Å²) in [4.78, 5) is 25.0. The Kier molecular flexibility index (Phi) is 12.9. The van der Waals surface area contributed by atoms with Crippen molar-refractivity contribution in [2.24, 2.45) is 10.2 Å². The minimum Gasteiger partial charge on any atom is -0.494 e. The van der Waals surface area contributed by atoms with Gasteiger partial charge in [0.15, 0.2) is 0 Å². The van der Waals surface area contributed by atoms with Crippen molar-refractivity contribution >= 4 is 23.3 Å². The van der Waals surface area contributed by atoms with Crippen molar-refractivity contribution in [1.29, 1.82) is 0 Å². The summed E-state index contributed by atoms with van der Waals surface area (Å²) in [6, 6.07) is 20.5. The molecule has 0 bridgehead atoms. The minimum atomic E-state index is -0.506. The van der Waals surface area contributed by atoms with E-state index in [0.29, 0.717) is 34.9 Å². The number of unbranched alkanes of at least 4 members (excludes halogenated alkanes) is 5. The second kappa shape index (κ2) is 16.9. The van der Waals surface area contributed by atoms with E-state index in [1.54, 1.807) is 48.5 Å². The Morgan fingerprint density at radius 3 is 1.80 bits per heavy atom. The van der Waals surface area contributed by atoms with E-state index in [2.05, 4.69) is 24.1 Å². The van der Waals surface area contributed by atoms with Gasteiger partial charge in [0.25, 0.3) is 0 Å². The molecule has 0 aliphatic carbocycles. The van der Waals surface area contributed by atoms with Gasteiger partial charge in [-0.2, -0.15) is 10.2 Å². The molecule has 0 aliphatic heterocycles. The zero-order valence-electron chi connectivity index (χ0n) is 23.8. The summed E-state index contributed by atoms with van der Waals surface area (Å²) in [6.07, 6.45) is 8.65. The third-order valence-electron chi connectivity index (χ3n) is 6.31. The zero-order chi connectivity index (χ0) is 28.6. The summed E-state index contributed by atoms with van der Waals surface area (Å²) >= 11 is 0. The quantitative estimate of drug-likeness (QED) is 0.0776. The average Bonchev–Trinajstić information content (AvgIpc) is 2.97. The molecule has 3 aromatic rings. The topological polar surface area (TPSA) is 86.6 Å². The standard InChI is InChI=1S/C33H40N2O5/c1-4-6-8-9-11-25(3)39-32(36)27-14-20-31(21-15-27)40-33(37)26-12-16-28(17-13-26)34-35-29-18-22-30(23-19-29)38-24-10-7-5-2/h12-23,25H,4-11,24H2,1-3H3/t25-/m0/s1. The Morgan fingerprint density at radius 2 is 1.18 bits per heavy atom. The van der Waals surface area contributed by atoms with Crippen LogP contribution in [0.4, 0.5) is 11.4 Å². The van der Waals surface area contributed by atoms with Gasteiger partial charge < -0.3 is 14.2 Å². The van der Waals surface area contributed by atoms with Gasteiger partial charge in [0, 0.05) is 0 Å². The van der Waals surface area contributed by atoms with Crippen LogP contribution in [0, 0.1) is 0 Å². The predicted molar refractivity (Wildman–Crippen MR) is 157 cm³/mol. The van der Waals surface area contributed by atoms with Gasteiger partial charge in [-0.1, -0.05) is 46.0 Å². The van der Waals surface area contributed by atoms with E-state index in [-0.39, 0.29) is 12.1 Å². The lowest BCUT2D eigenvalue weighted by Gasteiger charge is -2.13. The molecule has 40 heavy (non-hydrogen) atoms. The number of hydrogen-bond acceptors (Lipinski definition) is 7. The van der Waals surface area contributed by atoms with Crippen LogP contribution in [0.15, 0.2) is 83.0 Å². The molecule has 0 radical (unpaired) electrons. The van der Waals surface area contributed by atoms with Crippen molar-refractivity contribution in [3.63, 3.8) is 0 Å². The van der Waals surface area contributed by atoms with Gasteiger partial charge in [-0.25, -0.2) is 9.59 Å². The van der Waals surface area contributed by atoms with Crippen molar-refractivity contribution in [3.8, 4) is 11.5 Å². The summed E-state index contributed by atoms with van der Waals surface area (Å²) in [5.41, 5.74) is 2.12. The molecule has 0 saturated carbocycles. The first kappa shape index (κ1) is 30.5. The fourth-order valence-electron chi connectivity index (χ4n) is 3.92.